The maximum atomic E-state index is 12.3. The highest BCUT2D eigenvalue weighted by Crippen LogP contribution is 2.29. The Labute approximate surface area is 71.9 Å². The minimum atomic E-state index is -0.221. The third kappa shape index (κ3) is 2.74. The van der Waals surface area contributed by atoms with E-state index in [9.17, 15) is 9.18 Å². The molecule has 1 fully saturated rings. The zero-order valence-corrected chi connectivity index (χ0v) is 7.13. The van der Waals surface area contributed by atoms with Crippen molar-refractivity contribution in [3.63, 3.8) is 0 Å². The fourth-order valence-corrected chi connectivity index (χ4v) is 1.87. The molecule has 68 valence electrons. The number of halogens is 1. The summed E-state index contributed by atoms with van der Waals surface area (Å²) in [7, 11) is 0. The van der Waals surface area contributed by atoms with Crippen LogP contribution in [0.15, 0.2) is 4.99 Å². The monoisotopic (exact) mass is 171 g/mol. The van der Waals surface area contributed by atoms with E-state index >= 15 is 0 Å². The fourth-order valence-electron chi connectivity index (χ4n) is 1.87. The zero-order valence-electron chi connectivity index (χ0n) is 7.13. The van der Waals surface area contributed by atoms with E-state index < -0.39 is 0 Å². The van der Waals surface area contributed by atoms with Crippen LogP contribution >= 0.6 is 0 Å². The third-order valence-corrected chi connectivity index (χ3v) is 2.52. The standard InChI is InChI=1S/C9H14FNO/c10-5-8-2-1-3-9(4-8)6-11-7-12/h8-9H,1-6H2. The van der Waals surface area contributed by atoms with Gasteiger partial charge in [-0.25, -0.2) is 9.79 Å². The molecule has 0 aliphatic heterocycles. The largest absolute Gasteiger partial charge is 0.251 e. The highest BCUT2D eigenvalue weighted by Gasteiger charge is 2.21. The molecule has 2 nitrogen and oxygen atoms in total. The second-order valence-electron chi connectivity index (χ2n) is 3.48. The first-order chi connectivity index (χ1) is 5.86. The van der Waals surface area contributed by atoms with Crippen LogP contribution in [0.3, 0.4) is 0 Å². The van der Waals surface area contributed by atoms with E-state index in [4.69, 9.17) is 0 Å². The van der Waals surface area contributed by atoms with Gasteiger partial charge in [-0.05, 0) is 31.1 Å². The van der Waals surface area contributed by atoms with Gasteiger partial charge in [0.25, 0.3) is 0 Å². The van der Waals surface area contributed by atoms with Gasteiger partial charge in [0.1, 0.15) is 0 Å². The van der Waals surface area contributed by atoms with Crippen LogP contribution < -0.4 is 0 Å². The molecule has 0 aromatic carbocycles. The molecule has 2 atom stereocenters. The zero-order chi connectivity index (χ0) is 8.81. The van der Waals surface area contributed by atoms with Crippen LogP contribution in [0.2, 0.25) is 0 Å². The van der Waals surface area contributed by atoms with Crippen molar-refractivity contribution in [1.29, 1.82) is 0 Å². The Kier molecular flexibility index (Phi) is 3.95. The van der Waals surface area contributed by atoms with Crippen molar-refractivity contribution in [1.82, 2.24) is 0 Å². The lowest BCUT2D eigenvalue weighted by atomic mass is 9.82. The minimum Gasteiger partial charge on any atom is -0.251 e. The Balaban J connectivity index is 2.30. The summed E-state index contributed by atoms with van der Waals surface area (Å²) in [5.41, 5.74) is 0. The number of isocyanates is 1. The maximum absolute atomic E-state index is 12.3. The highest BCUT2D eigenvalue weighted by atomic mass is 19.1. The van der Waals surface area contributed by atoms with Gasteiger partial charge in [0, 0.05) is 0 Å². The second kappa shape index (κ2) is 5.04. The molecule has 2 unspecified atom stereocenters. The normalized spacial score (nSPS) is 29.4. The molecule has 0 radical (unpaired) electrons. The Morgan fingerprint density at radius 1 is 1.42 bits per heavy atom. The predicted octanol–water partition coefficient (Wildman–Crippen LogP) is 2.10. The van der Waals surface area contributed by atoms with Gasteiger partial charge < -0.3 is 0 Å². The number of aliphatic imine (C=N–C) groups is 1. The topological polar surface area (TPSA) is 29.4 Å². The predicted molar refractivity (Wildman–Crippen MR) is 44.4 cm³/mol. The summed E-state index contributed by atoms with van der Waals surface area (Å²) in [5, 5.41) is 0. The first-order valence-corrected chi connectivity index (χ1v) is 4.46. The van der Waals surface area contributed by atoms with Crippen molar-refractivity contribution in [2.24, 2.45) is 16.8 Å². The average molecular weight is 171 g/mol. The maximum Gasteiger partial charge on any atom is 0.234 e. The van der Waals surface area contributed by atoms with Crippen LogP contribution in [0.5, 0.6) is 0 Å². The molecule has 3 heteroatoms. The number of rotatable bonds is 3. The van der Waals surface area contributed by atoms with Crippen LogP contribution in [0.4, 0.5) is 4.39 Å². The van der Waals surface area contributed by atoms with E-state index in [0.29, 0.717) is 12.5 Å². The molecule has 0 aromatic rings. The van der Waals surface area contributed by atoms with Gasteiger partial charge in [0.05, 0.1) is 13.2 Å². The molecular weight excluding hydrogens is 157 g/mol. The molecule has 0 aromatic heterocycles. The summed E-state index contributed by atoms with van der Waals surface area (Å²) >= 11 is 0. The molecular formula is C9H14FNO. The second-order valence-corrected chi connectivity index (χ2v) is 3.48. The summed E-state index contributed by atoms with van der Waals surface area (Å²) in [6, 6.07) is 0. The van der Waals surface area contributed by atoms with Crippen LogP contribution in [0, 0.1) is 11.8 Å². The number of hydrogen-bond acceptors (Lipinski definition) is 2. The SMILES string of the molecule is O=C=NCC1CCCC(CF)C1. The summed E-state index contributed by atoms with van der Waals surface area (Å²) in [4.78, 5) is 13.4. The molecule has 0 amide bonds. The van der Waals surface area contributed by atoms with Gasteiger partial charge in [0.2, 0.25) is 6.08 Å². The van der Waals surface area contributed by atoms with Crippen LogP contribution in [-0.2, 0) is 4.79 Å². The van der Waals surface area contributed by atoms with Crippen LogP contribution in [0.1, 0.15) is 25.7 Å². The lowest BCUT2D eigenvalue weighted by Crippen LogP contribution is -2.18. The molecule has 0 saturated heterocycles. The molecule has 1 saturated carbocycles. The Morgan fingerprint density at radius 3 is 2.83 bits per heavy atom. The molecule has 0 spiro atoms. The van der Waals surface area contributed by atoms with Gasteiger partial charge in [-0.1, -0.05) is 6.42 Å². The molecule has 1 aliphatic carbocycles. The van der Waals surface area contributed by atoms with E-state index in [0.717, 1.165) is 25.7 Å². The smallest absolute Gasteiger partial charge is 0.234 e. The Bertz CT molecular complexity index is 177. The van der Waals surface area contributed by atoms with Gasteiger partial charge >= 0.3 is 0 Å². The average Bonchev–Trinajstić information content (AvgIpc) is 2.15. The first kappa shape index (κ1) is 9.40. The molecule has 1 aliphatic rings. The van der Waals surface area contributed by atoms with E-state index in [2.05, 4.69) is 4.99 Å². The summed E-state index contributed by atoms with van der Waals surface area (Å²) in [5.74, 6) is 0.631. The fraction of sp³-hybridized carbons (Fsp3) is 0.889. The van der Waals surface area contributed by atoms with Crippen molar-refractivity contribution >= 4 is 6.08 Å². The minimum absolute atomic E-state index is 0.214. The summed E-state index contributed by atoms with van der Waals surface area (Å²) in [6.45, 7) is 0.321. The van der Waals surface area contributed by atoms with Crippen molar-refractivity contribution in [2.75, 3.05) is 13.2 Å². The van der Waals surface area contributed by atoms with Gasteiger partial charge in [0.15, 0.2) is 0 Å². The lowest BCUT2D eigenvalue weighted by Gasteiger charge is -2.25. The van der Waals surface area contributed by atoms with Crippen LogP contribution in [-0.4, -0.2) is 19.3 Å². The quantitative estimate of drug-likeness (QED) is 0.472. The molecule has 12 heavy (non-hydrogen) atoms. The first-order valence-electron chi connectivity index (χ1n) is 4.46. The number of nitrogens with zero attached hydrogens (tertiary/aromatic N) is 1. The summed E-state index contributed by atoms with van der Waals surface area (Å²) < 4.78 is 12.3. The van der Waals surface area contributed by atoms with E-state index in [1.54, 1.807) is 0 Å². The summed E-state index contributed by atoms with van der Waals surface area (Å²) in [6.07, 6.45) is 5.58. The number of carbonyl (C=O) groups excluding carboxylic acids is 1. The van der Waals surface area contributed by atoms with Crippen LogP contribution in [0.25, 0.3) is 0 Å². The Morgan fingerprint density at radius 2 is 2.17 bits per heavy atom. The molecule has 0 N–H and O–H groups in total. The van der Waals surface area contributed by atoms with E-state index in [-0.39, 0.29) is 12.6 Å². The van der Waals surface area contributed by atoms with Crippen molar-refractivity contribution in [3.8, 4) is 0 Å². The van der Waals surface area contributed by atoms with Crippen molar-refractivity contribution in [3.05, 3.63) is 0 Å². The Hall–Kier alpha value is -0.690. The highest BCUT2D eigenvalue weighted by molar-refractivity contribution is 5.32. The number of hydrogen-bond donors (Lipinski definition) is 0. The molecule has 0 heterocycles. The van der Waals surface area contributed by atoms with Crippen molar-refractivity contribution in [2.45, 2.75) is 25.7 Å². The molecule has 1 rings (SSSR count). The van der Waals surface area contributed by atoms with Gasteiger partial charge in [-0.3, -0.25) is 4.39 Å². The number of alkyl halides is 1. The third-order valence-electron chi connectivity index (χ3n) is 2.52. The van der Waals surface area contributed by atoms with Crippen molar-refractivity contribution < 1.29 is 9.18 Å². The van der Waals surface area contributed by atoms with E-state index in [1.165, 1.54) is 6.08 Å². The molecule has 0 bridgehead atoms. The van der Waals surface area contributed by atoms with Gasteiger partial charge in [-0.2, -0.15) is 0 Å². The lowest BCUT2D eigenvalue weighted by molar-refractivity contribution is 0.227. The van der Waals surface area contributed by atoms with E-state index in [1.807, 2.05) is 0 Å². The van der Waals surface area contributed by atoms with Gasteiger partial charge in [-0.15, -0.1) is 0 Å².